The van der Waals surface area contributed by atoms with Gasteiger partial charge >= 0.3 is 0 Å². The molecule has 1 aromatic carbocycles. The molecule has 0 aliphatic heterocycles. The van der Waals surface area contributed by atoms with E-state index < -0.39 is 0 Å². The predicted octanol–water partition coefficient (Wildman–Crippen LogP) is 4.60. The molecule has 106 valence electrons. The summed E-state index contributed by atoms with van der Waals surface area (Å²) in [4.78, 5) is 0. The third-order valence-corrected chi connectivity index (χ3v) is 4.81. The van der Waals surface area contributed by atoms with E-state index in [4.69, 9.17) is 27.9 Å². The van der Waals surface area contributed by atoms with Crippen molar-refractivity contribution in [2.24, 2.45) is 0 Å². The average molecular weight is 302 g/mol. The molecule has 0 spiro atoms. The lowest BCUT2D eigenvalue weighted by molar-refractivity contribution is -0.0364. The summed E-state index contributed by atoms with van der Waals surface area (Å²) in [7, 11) is 1.81. The maximum absolute atomic E-state index is 6.15. The van der Waals surface area contributed by atoms with Gasteiger partial charge in [-0.3, -0.25) is 0 Å². The van der Waals surface area contributed by atoms with Gasteiger partial charge in [-0.15, -0.1) is 0 Å². The first kappa shape index (κ1) is 15.1. The van der Waals surface area contributed by atoms with E-state index in [0.29, 0.717) is 10.0 Å². The maximum Gasteiger partial charge on any atom is 0.0872 e. The molecule has 1 aromatic rings. The van der Waals surface area contributed by atoms with Crippen LogP contribution in [0.25, 0.3) is 0 Å². The Morgan fingerprint density at radius 2 is 1.95 bits per heavy atom. The van der Waals surface area contributed by atoms with Crippen molar-refractivity contribution in [2.45, 2.75) is 44.2 Å². The largest absolute Gasteiger partial charge is 0.376 e. The predicted molar refractivity (Wildman–Crippen MR) is 81.1 cm³/mol. The standard InChI is InChI=1S/C15H21Cl2NO/c1-3-18-14(15(19-2)8-4-5-9-15)11-6-7-12(16)13(17)10-11/h6-7,10,14,18H,3-5,8-9H2,1-2H3. The number of rotatable bonds is 5. The molecule has 1 N–H and O–H groups in total. The monoisotopic (exact) mass is 301 g/mol. The summed E-state index contributed by atoms with van der Waals surface area (Å²) in [6.45, 7) is 3.01. The first-order chi connectivity index (χ1) is 9.13. The van der Waals surface area contributed by atoms with Crippen LogP contribution in [0.15, 0.2) is 18.2 Å². The first-order valence-electron chi connectivity index (χ1n) is 6.86. The molecule has 0 heterocycles. The van der Waals surface area contributed by atoms with Crippen LogP contribution >= 0.6 is 23.2 Å². The molecular formula is C15H21Cl2NO. The van der Waals surface area contributed by atoms with E-state index in [9.17, 15) is 0 Å². The molecule has 1 unspecified atom stereocenters. The average Bonchev–Trinajstić information content (AvgIpc) is 2.89. The molecule has 0 bridgehead atoms. The third kappa shape index (κ3) is 3.08. The minimum Gasteiger partial charge on any atom is -0.376 e. The Bertz CT molecular complexity index is 430. The summed E-state index contributed by atoms with van der Waals surface area (Å²) in [5, 5.41) is 4.75. The van der Waals surface area contributed by atoms with Crippen molar-refractivity contribution in [1.29, 1.82) is 0 Å². The van der Waals surface area contributed by atoms with Crippen LogP contribution in [0.4, 0.5) is 0 Å². The number of ether oxygens (including phenoxy) is 1. The van der Waals surface area contributed by atoms with Crippen molar-refractivity contribution in [2.75, 3.05) is 13.7 Å². The van der Waals surface area contributed by atoms with E-state index in [1.54, 1.807) is 0 Å². The molecule has 0 aromatic heterocycles. The zero-order valence-electron chi connectivity index (χ0n) is 11.5. The topological polar surface area (TPSA) is 21.3 Å². The van der Waals surface area contributed by atoms with Gasteiger partial charge in [0.1, 0.15) is 0 Å². The fraction of sp³-hybridized carbons (Fsp3) is 0.600. The molecule has 1 saturated carbocycles. The maximum atomic E-state index is 6.15. The minimum atomic E-state index is -0.118. The second-order valence-electron chi connectivity index (χ2n) is 5.14. The SMILES string of the molecule is CCNC(c1ccc(Cl)c(Cl)c1)C1(OC)CCCC1. The van der Waals surface area contributed by atoms with Gasteiger partial charge in [0.15, 0.2) is 0 Å². The Labute approximate surface area is 125 Å². The number of hydrogen-bond donors (Lipinski definition) is 1. The highest BCUT2D eigenvalue weighted by Gasteiger charge is 2.42. The summed E-state index contributed by atoms with van der Waals surface area (Å²) in [6.07, 6.45) is 4.61. The molecule has 0 saturated heterocycles. The molecule has 1 aliphatic rings. The van der Waals surface area contributed by atoms with Gasteiger partial charge in [-0.1, -0.05) is 49.0 Å². The van der Waals surface area contributed by atoms with Crippen LogP contribution < -0.4 is 5.32 Å². The van der Waals surface area contributed by atoms with Gasteiger partial charge in [-0.25, -0.2) is 0 Å². The lowest BCUT2D eigenvalue weighted by atomic mass is 9.86. The van der Waals surface area contributed by atoms with Crippen molar-refractivity contribution in [3.8, 4) is 0 Å². The normalized spacial score (nSPS) is 19.6. The lowest BCUT2D eigenvalue weighted by Gasteiger charge is -2.37. The van der Waals surface area contributed by atoms with E-state index in [1.807, 2.05) is 25.3 Å². The number of likely N-dealkylation sites (N-methyl/N-ethyl adjacent to an activating group) is 1. The number of hydrogen-bond acceptors (Lipinski definition) is 2. The van der Waals surface area contributed by atoms with Crippen molar-refractivity contribution < 1.29 is 4.74 Å². The molecule has 2 nitrogen and oxygen atoms in total. The summed E-state index contributed by atoms with van der Waals surface area (Å²) >= 11 is 12.2. The Kier molecular flexibility index (Phi) is 5.13. The van der Waals surface area contributed by atoms with Gasteiger partial charge in [0.25, 0.3) is 0 Å². The van der Waals surface area contributed by atoms with Gasteiger partial charge in [-0.05, 0) is 37.1 Å². The molecule has 2 rings (SSSR count). The van der Waals surface area contributed by atoms with Gasteiger partial charge in [0.05, 0.1) is 21.7 Å². The van der Waals surface area contributed by atoms with Crippen LogP contribution in [-0.4, -0.2) is 19.3 Å². The highest BCUT2D eigenvalue weighted by atomic mass is 35.5. The third-order valence-electron chi connectivity index (χ3n) is 4.07. The molecule has 0 amide bonds. The van der Waals surface area contributed by atoms with E-state index in [-0.39, 0.29) is 11.6 Å². The second kappa shape index (κ2) is 6.45. The molecule has 1 atom stereocenters. The zero-order chi connectivity index (χ0) is 13.9. The summed E-state index contributed by atoms with van der Waals surface area (Å²) < 4.78 is 5.90. The van der Waals surface area contributed by atoms with Crippen molar-refractivity contribution >= 4 is 23.2 Å². The molecule has 1 aliphatic carbocycles. The Hall–Kier alpha value is -0.280. The molecule has 0 radical (unpaired) electrons. The molecular weight excluding hydrogens is 281 g/mol. The molecule has 4 heteroatoms. The van der Waals surface area contributed by atoms with Crippen LogP contribution in [-0.2, 0) is 4.74 Å². The molecule has 19 heavy (non-hydrogen) atoms. The van der Waals surface area contributed by atoms with E-state index in [2.05, 4.69) is 12.2 Å². The fourth-order valence-electron chi connectivity index (χ4n) is 3.09. The minimum absolute atomic E-state index is 0.118. The Morgan fingerprint density at radius 1 is 1.26 bits per heavy atom. The van der Waals surface area contributed by atoms with E-state index in [0.717, 1.165) is 24.9 Å². The van der Waals surface area contributed by atoms with Gasteiger partial charge in [-0.2, -0.15) is 0 Å². The summed E-state index contributed by atoms with van der Waals surface area (Å²) in [5.41, 5.74) is 1.03. The van der Waals surface area contributed by atoms with E-state index >= 15 is 0 Å². The smallest absolute Gasteiger partial charge is 0.0872 e. The van der Waals surface area contributed by atoms with Gasteiger partial charge < -0.3 is 10.1 Å². The lowest BCUT2D eigenvalue weighted by Crippen LogP contribution is -2.43. The highest BCUT2D eigenvalue weighted by Crippen LogP contribution is 2.43. The summed E-state index contributed by atoms with van der Waals surface area (Å²) in [5.74, 6) is 0. The van der Waals surface area contributed by atoms with Crippen LogP contribution in [0, 0.1) is 0 Å². The summed E-state index contributed by atoms with van der Waals surface area (Å²) in [6, 6.07) is 6.03. The Morgan fingerprint density at radius 3 is 2.47 bits per heavy atom. The van der Waals surface area contributed by atoms with E-state index in [1.165, 1.54) is 12.8 Å². The highest BCUT2D eigenvalue weighted by molar-refractivity contribution is 6.42. The quantitative estimate of drug-likeness (QED) is 0.858. The van der Waals surface area contributed by atoms with Crippen LogP contribution in [0.5, 0.6) is 0 Å². The second-order valence-corrected chi connectivity index (χ2v) is 5.95. The number of methoxy groups -OCH3 is 1. The number of halogens is 2. The van der Waals surface area contributed by atoms with Crippen molar-refractivity contribution in [3.63, 3.8) is 0 Å². The van der Waals surface area contributed by atoms with Gasteiger partial charge in [0, 0.05) is 7.11 Å². The van der Waals surface area contributed by atoms with Gasteiger partial charge in [0.2, 0.25) is 0 Å². The molecule has 1 fully saturated rings. The zero-order valence-corrected chi connectivity index (χ0v) is 13.0. The number of nitrogens with one attached hydrogen (secondary N) is 1. The van der Waals surface area contributed by atoms with Crippen LogP contribution in [0.2, 0.25) is 10.0 Å². The van der Waals surface area contributed by atoms with Crippen LogP contribution in [0.3, 0.4) is 0 Å². The van der Waals surface area contributed by atoms with Crippen molar-refractivity contribution in [1.82, 2.24) is 5.32 Å². The fourth-order valence-corrected chi connectivity index (χ4v) is 3.39. The number of benzene rings is 1. The van der Waals surface area contributed by atoms with Crippen molar-refractivity contribution in [3.05, 3.63) is 33.8 Å². The van der Waals surface area contributed by atoms with Crippen LogP contribution in [0.1, 0.15) is 44.2 Å². The first-order valence-corrected chi connectivity index (χ1v) is 7.62. The Balaban J connectivity index is 2.35.